The number of rotatable bonds is 10. The normalized spacial score (nSPS) is 13.1. The van der Waals surface area contributed by atoms with Gasteiger partial charge in [0.15, 0.2) is 5.96 Å². The molecular weight excluding hydrogens is 428 g/mol. The topological polar surface area (TPSA) is 185 Å². The number of hydrogen-bond donors (Lipinski definition) is 6. The van der Waals surface area contributed by atoms with Crippen molar-refractivity contribution in [3.63, 3.8) is 0 Å². The number of aromatic nitrogens is 1. The van der Waals surface area contributed by atoms with E-state index in [-0.39, 0.29) is 25.3 Å². The minimum absolute atomic E-state index is 0.0914. The van der Waals surface area contributed by atoms with Crippen molar-refractivity contribution < 1.29 is 24.2 Å². The molecule has 180 valence electrons. The number of hydrogen-bond acceptors (Lipinski definition) is 5. The summed E-state index contributed by atoms with van der Waals surface area (Å²) < 4.78 is 5.29. The number of aromatic amines is 1. The van der Waals surface area contributed by atoms with Gasteiger partial charge in [0.05, 0.1) is 0 Å². The van der Waals surface area contributed by atoms with Crippen LogP contribution in [0.1, 0.15) is 39.2 Å². The second kappa shape index (κ2) is 11.2. The summed E-state index contributed by atoms with van der Waals surface area (Å²) in [5, 5.41) is 15.5. The Hall–Kier alpha value is -3.76. The highest BCUT2D eigenvalue weighted by Crippen LogP contribution is 2.19. The monoisotopic (exact) mass is 460 g/mol. The molecule has 0 unspecified atom stereocenters. The molecule has 0 saturated carbocycles. The number of carboxylic acid groups (broad SMARTS) is 1. The first-order chi connectivity index (χ1) is 15.5. The average molecular weight is 461 g/mol. The number of alkyl carbamates (subject to hydrolysis) is 1. The summed E-state index contributed by atoms with van der Waals surface area (Å²) in [6.45, 7) is 5.35. The maximum Gasteiger partial charge on any atom is 0.408 e. The van der Waals surface area contributed by atoms with Crippen molar-refractivity contribution in [2.75, 3.05) is 6.54 Å². The number of ether oxygens (including phenoxy) is 1. The lowest BCUT2D eigenvalue weighted by Gasteiger charge is -2.24. The molecule has 1 aromatic carbocycles. The number of para-hydroxylation sites is 1. The number of nitrogens with zero attached hydrogens (tertiary/aromatic N) is 1. The molecule has 1 heterocycles. The molecule has 33 heavy (non-hydrogen) atoms. The first-order valence-corrected chi connectivity index (χ1v) is 10.6. The van der Waals surface area contributed by atoms with E-state index in [1.54, 1.807) is 27.0 Å². The van der Waals surface area contributed by atoms with Crippen LogP contribution in [0, 0.1) is 0 Å². The summed E-state index contributed by atoms with van der Waals surface area (Å²) in [7, 11) is 0. The third-order valence-electron chi connectivity index (χ3n) is 4.67. The van der Waals surface area contributed by atoms with Crippen LogP contribution in [-0.4, -0.2) is 58.2 Å². The van der Waals surface area contributed by atoms with E-state index in [4.69, 9.17) is 16.2 Å². The molecule has 2 aromatic rings. The number of carbonyl (C=O) groups is 3. The molecule has 2 atom stereocenters. The highest BCUT2D eigenvalue weighted by molar-refractivity contribution is 5.90. The molecule has 2 amide bonds. The SMILES string of the molecule is CC(C)(C)OC(=O)N[C@@H](Cc1c[nH]c2ccccc12)C(=O)N[C@@H](CCCN=C(N)N)C(=O)O. The number of benzene rings is 1. The highest BCUT2D eigenvalue weighted by atomic mass is 16.6. The number of carboxylic acids is 1. The van der Waals surface area contributed by atoms with Crippen molar-refractivity contribution in [3.05, 3.63) is 36.0 Å². The first kappa shape index (κ1) is 25.5. The molecular formula is C22H32N6O5. The van der Waals surface area contributed by atoms with E-state index in [2.05, 4.69) is 20.6 Å². The predicted octanol–water partition coefficient (Wildman–Crippen LogP) is 1.23. The molecule has 11 nitrogen and oxygen atoms in total. The average Bonchev–Trinajstić information content (AvgIpc) is 3.10. The van der Waals surface area contributed by atoms with Gasteiger partial charge in [-0.05, 0) is 45.2 Å². The van der Waals surface area contributed by atoms with Gasteiger partial charge in [-0.1, -0.05) is 18.2 Å². The van der Waals surface area contributed by atoms with Crippen molar-refractivity contribution in [1.82, 2.24) is 15.6 Å². The Morgan fingerprint density at radius 2 is 1.85 bits per heavy atom. The Balaban J connectivity index is 2.17. The van der Waals surface area contributed by atoms with Gasteiger partial charge in [-0.3, -0.25) is 9.79 Å². The van der Waals surface area contributed by atoms with Crippen LogP contribution >= 0.6 is 0 Å². The van der Waals surface area contributed by atoms with Gasteiger partial charge in [-0.15, -0.1) is 0 Å². The predicted molar refractivity (Wildman–Crippen MR) is 125 cm³/mol. The zero-order valence-electron chi connectivity index (χ0n) is 19.1. The van der Waals surface area contributed by atoms with Crippen LogP contribution < -0.4 is 22.1 Å². The number of aliphatic imine (C=N–C) groups is 1. The van der Waals surface area contributed by atoms with Gasteiger partial charge in [-0.2, -0.15) is 0 Å². The largest absolute Gasteiger partial charge is 0.480 e. The van der Waals surface area contributed by atoms with Crippen LogP contribution in [-0.2, 0) is 20.7 Å². The molecule has 8 N–H and O–H groups in total. The van der Waals surface area contributed by atoms with Crippen LogP contribution in [0.3, 0.4) is 0 Å². The summed E-state index contributed by atoms with van der Waals surface area (Å²) in [5.74, 6) is -1.93. The minimum Gasteiger partial charge on any atom is -0.480 e. The van der Waals surface area contributed by atoms with E-state index in [0.29, 0.717) is 6.42 Å². The molecule has 2 rings (SSSR count). The number of fused-ring (bicyclic) bond motifs is 1. The number of aliphatic carboxylic acids is 1. The summed E-state index contributed by atoms with van der Waals surface area (Å²) in [4.78, 5) is 44.0. The highest BCUT2D eigenvalue weighted by Gasteiger charge is 2.29. The second-order valence-corrected chi connectivity index (χ2v) is 8.61. The Bertz CT molecular complexity index is 1010. The van der Waals surface area contributed by atoms with Crippen LogP contribution in [0.15, 0.2) is 35.5 Å². The van der Waals surface area contributed by atoms with Gasteiger partial charge in [0.1, 0.15) is 17.7 Å². The summed E-state index contributed by atoms with van der Waals surface area (Å²) in [5.41, 5.74) is 11.5. The van der Waals surface area contributed by atoms with Gasteiger partial charge < -0.3 is 36.9 Å². The molecule has 0 bridgehead atoms. The summed E-state index contributed by atoms with van der Waals surface area (Å²) >= 11 is 0. The zero-order valence-corrected chi connectivity index (χ0v) is 19.1. The van der Waals surface area contributed by atoms with Crippen molar-refractivity contribution in [2.24, 2.45) is 16.5 Å². The molecule has 0 aliphatic rings. The fraction of sp³-hybridized carbons (Fsp3) is 0.455. The smallest absolute Gasteiger partial charge is 0.408 e. The van der Waals surface area contributed by atoms with Crippen molar-refractivity contribution in [2.45, 2.75) is 57.7 Å². The molecule has 0 radical (unpaired) electrons. The molecule has 0 fully saturated rings. The fourth-order valence-corrected chi connectivity index (χ4v) is 3.21. The molecule has 0 saturated heterocycles. The summed E-state index contributed by atoms with van der Waals surface area (Å²) in [6, 6.07) is 5.31. The van der Waals surface area contributed by atoms with Crippen molar-refractivity contribution in [1.29, 1.82) is 0 Å². The van der Waals surface area contributed by atoms with Crippen LogP contribution in [0.4, 0.5) is 4.79 Å². The third-order valence-corrected chi connectivity index (χ3v) is 4.67. The molecule has 0 aliphatic carbocycles. The van der Waals surface area contributed by atoms with Gasteiger partial charge in [-0.25, -0.2) is 9.59 Å². The van der Waals surface area contributed by atoms with E-state index < -0.39 is 35.7 Å². The Morgan fingerprint density at radius 1 is 1.15 bits per heavy atom. The molecule has 0 aliphatic heterocycles. The summed E-state index contributed by atoms with van der Waals surface area (Å²) in [6.07, 6.45) is 1.58. The fourth-order valence-electron chi connectivity index (χ4n) is 3.21. The molecule has 11 heteroatoms. The first-order valence-electron chi connectivity index (χ1n) is 10.6. The number of carbonyl (C=O) groups excluding carboxylic acids is 2. The number of amides is 2. The van der Waals surface area contributed by atoms with Crippen molar-refractivity contribution >= 4 is 34.8 Å². The van der Waals surface area contributed by atoms with E-state index in [1.165, 1.54) is 0 Å². The second-order valence-electron chi connectivity index (χ2n) is 8.61. The lowest BCUT2D eigenvalue weighted by Crippen LogP contribution is -2.53. The number of guanidine groups is 1. The zero-order chi connectivity index (χ0) is 24.6. The Labute approximate surface area is 191 Å². The van der Waals surface area contributed by atoms with Crippen LogP contribution in [0.25, 0.3) is 10.9 Å². The standard InChI is InChI=1S/C22H32N6O5/c1-22(2,3)33-21(32)28-17(11-13-12-26-15-8-5-4-7-14(13)15)18(29)27-16(19(30)31)9-6-10-25-20(23)24/h4-5,7-8,12,16-17,26H,6,9-11H2,1-3H3,(H,27,29)(H,28,32)(H,30,31)(H4,23,24,25)/t16-,17-/m0/s1. The van der Waals surface area contributed by atoms with Gasteiger partial charge >= 0.3 is 12.1 Å². The lowest BCUT2D eigenvalue weighted by molar-refractivity contribution is -0.142. The van der Waals surface area contributed by atoms with Gasteiger partial charge in [0.2, 0.25) is 5.91 Å². The van der Waals surface area contributed by atoms with E-state index in [9.17, 15) is 19.5 Å². The number of H-pyrrole nitrogens is 1. The maximum atomic E-state index is 13.0. The molecule has 0 spiro atoms. The van der Waals surface area contributed by atoms with E-state index in [1.807, 2.05) is 24.3 Å². The van der Waals surface area contributed by atoms with Crippen LogP contribution in [0.2, 0.25) is 0 Å². The number of nitrogens with two attached hydrogens (primary N) is 2. The number of nitrogens with one attached hydrogen (secondary N) is 3. The van der Waals surface area contributed by atoms with E-state index in [0.717, 1.165) is 16.5 Å². The Morgan fingerprint density at radius 3 is 2.48 bits per heavy atom. The third kappa shape index (κ3) is 8.36. The lowest BCUT2D eigenvalue weighted by atomic mass is 10.0. The van der Waals surface area contributed by atoms with E-state index >= 15 is 0 Å². The van der Waals surface area contributed by atoms with Crippen molar-refractivity contribution in [3.8, 4) is 0 Å². The van der Waals surface area contributed by atoms with Gasteiger partial charge in [0, 0.05) is 30.1 Å². The van der Waals surface area contributed by atoms with Gasteiger partial charge in [0.25, 0.3) is 0 Å². The Kier molecular flexibility index (Phi) is 8.66. The molecule has 1 aromatic heterocycles. The minimum atomic E-state index is -1.20. The van der Waals surface area contributed by atoms with Crippen LogP contribution in [0.5, 0.6) is 0 Å². The maximum absolute atomic E-state index is 13.0. The quantitative estimate of drug-likeness (QED) is 0.175.